The maximum atomic E-state index is 11.5. The maximum absolute atomic E-state index is 11.5. The lowest BCUT2D eigenvalue weighted by Crippen LogP contribution is -2.11. The van der Waals surface area contributed by atoms with Gasteiger partial charge in [-0.05, 0) is 40.9 Å². The van der Waals surface area contributed by atoms with Crippen molar-refractivity contribution in [1.82, 2.24) is 0 Å². The Kier molecular flexibility index (Phi) is 6.07. The van der Waals surface area contributed by atoms with Crippen LogP contribution in [-0.2, 0) is 4.79 Å². The number of anilines is 1. The molecule has 5 nitrogen and oxygen atoms in total. The number of hydrogen-bond donors (Lipinski definition) is 1. The fourth-order valence-electron chi connectivity index (χ4n) is 1.34. The second-order valence-electron chi connectivity index (χ2n) is 3.62. The minimum atomic E-state index is -0.490. The van der Waals surface area contributed by atoms with E-state index in [1.165, 1.54) is 18.2 Å². The summed E-state index contributed by atoms with van der Waals surface area (Å²) in [5.41, 5.74) is 0.499. The van der Waals surface area contributed by atoms with Crippen LogP contribution in [0.4, 0.5) is 11.4 Å². The van der Waals surface area contributed by atoms with Crippen molar-refractivity contribution in [3.8, 4) is 0 Å². The summed E-state index contributed by atoms with van der Waals surface area (Å²) in [4.78, 5) is 21.6. The van der Waals surface area contributed by atoms with Crippen LogP contribution in [0.3, 0.4) is 0 Å². The Labute approximate surface area is 118 Å². The number of unbranched alkanes of at least 4 members (excludes halogenated alkanes) is 1. The molecular formula is C11H12BrClN2O3. The zero-order valence-electron chi connectivity index (χ0n) is 9.49. The van der Waals surface area contributed by atoms with Crippen LogP contribution >= 0.6 is 27.5 Å². The lowest BCUT2D eigenvalue weighted by Gasteiger charge is -2.05. The molecule has 0 fully saturated rings. The third-order valence-electron chi connectivity index (χ3n) is 2.22. The van der Waals surface area contributed by atoms with Crippen LogP contribution in [-0.4, -0.2) is 16.7 Å². The third kappa shape index (κ3) is 4.62. The highest BCUT2D eigenvalue weighted by molar-refractivity contribution is 9.10. The van der Waals surface area contributed by atoms with Crippen LogP contribution in [0.15, 0.2) is 22.7 Å². The Morgan fingerprint density at radius 3 is 2.72 bits per heavy atom. The quantitative estimate of drug-likeness (QED) is 0.373. The highest BCUT2D eigenvalue weighted by Crippen LogP contribution is 2.27. The van der Waals surface area contributed by atoms with Crippen LogP contribution in [0.5, 0.6) is 0 Å². The van der Waals surface area contributed by atoms with Crippen molar-refractivity contribution >= 4 is 44.8 Å². The molecule has 0 unspecified atom stereocenters. The van der Waals surface area contributed by atoms with Gasteiger partial charge in [0, 0.05) is 24.1 Å². The third-order valence-corrected chi connectivity index (χ3v) is 3.12. The Morgan fingerprint density at radius 2 is 2.17 bits per heavy atom. The van der Waals surface area contributed by atoms with Crippen molar-refractivity contribution in [2.45, 2.75) is 19.3 Å². The molecule has 0 atom stereocenters. The van der Waals surface area contributed by atoms with E-state index in [9.17, 15) is 14.9 Å². The molecule has 0 aliphatic carbocycles. The van der Waals surface area contributed by atoms with Crippen LogP contribution in [0.25, 0.3) is 0 Å². The highest BCUT2D eigenvalue weighted by Gasteiger charge is 2.12. The summed E-state index contributed by atoms with van der Waals surface area (Å²) in [7, 11) is 0. The molecule has 18 heavy (non-hydrogen) atoms. The van der Waals surface area contributed by atoms with E-state index < -0.39 is 4.92 Å². The van der Waals surface area contributed by atoms with Crippen molar-refractivity contribution < 1.29 is 9.72 Å². The average molecular weight is 336 g/mol. The van der Waals surface area contributed by atoms with E-state index in [4.69, 9.17) is 11.6 Å². The van der Waals surface area contributed by atoms with Gasteiger partial charge in [0.05, 0.1) is 9.40 Å². The van der Waals surface area contributed by atoms with Gasteiger partial charge in [0.1, 0.15) is 0 Å². The molecule has 1 rings (SSSR count). The normalized spacial score (nSPS) is 10.1. The number of alkyl halides is 1. The fourth-order valence-corrected chi connectivity index (χ4v) is 2.05. The maximum Gasteiger partial charge on any atom is 0.283 e. The van der Waals surface area contributed by atoms with Gasteiger partial charge >= 0.3 is 0 Å². The summed E-state index contributed by atoms with van der Waals surface area (Å²) in [5.74, 6) is 0.414. The van der Waals surface area contributed by atoms with Crippen LogP contribution in [0.1, 0.15) is 19.3 Å². The second kappa shape index (κ2) is 7.33. The van der Waals surface area contributed by atoms with E-state index in [1.807, 2.05) is 0 Å². The second-order valence-corrected chi connectivity index (χ2v) is 4.85. The van der Waals surface area contributed by atoms with Gasteiger partial charge in [0.25, 0.3) is 5.69 Å². The molecule has 0 spiro atoms. The van der Waals surface area contributed by atoms with Crippen molar-refractivity contribution in [3.05, 3.63) is 32.8 Å². The average Bonchev–Trinajstić information content (AvgIpc) is 2.28. The van der Waals surface area contributed by atoms with Gasteiger partial charge in [-0.1, -0.05) is 0 Å². The lowest BCUT2D eigenvalue weighted by molar-refractivity contribution is -0.385. The summed E-state index contributed by atoms with van der Waals surface area (Å²) in [6.45, 7) is 0. The number of benzene rings is 1. The summed E-state index contributed by atoms with van der Waals surface area (Å²) in [5, 5.41) is 13.3. The summed E-state index contributed by atoms with van der Waals surface area (Å²) in [6, 6.07) is 4.36. The van der Waals surface area contributed by atoms with Gasteiger partial charge in [-0.15, -0.1) is 11.6 Å². The SMILES string of the molecule is O=C(CCCCCl)Nc1ccc([N+](=O)[O-])c(Br)c1. The molecule has 98 valence electrons. The van der Waals surface area contributed by atoms with Gasteiger partial charge in [-0.3, -0.25) is 14.9 Å². The molecule has 1 N–H and O–H groups in total. The number of carbonyl (C=O) groups excluding carboxylic acids is 1. The summed E-state index contributed by atoms with van der Waals surface area (Å²) in [6.07, 6.45) is 1.91. The highest BCUT2D eigenvalue weighted by atomic mass is 79.9. The number of carbonyl (C=O) groups is 1. The number of nitrogens with zero attached hydrogens (tertiary/aromatic N) is 1. The molecule has 0 aromatic heterocycles. The first-order valence-electron chi connectivity index (χ1n) is 5.34. The van der Waals surface area contributed by atoms with E-state index in [1.54, 1.807) is 0 Å². The zero-order valence-corrected chi connectivity index (χ0v) is 11.8. The molecular weight excluding hydrogens is 323 g/mol. The largest absolute Gasteiger partial charge is 0.326 e. The van der Waals surface area contributed by atoms with Crippen molar-refractivity contribution in [3.63, 3.8) is 0 Å². The molecule has 0 aliphatic heterocycles. The number of nitro benzene ring substituents is 1. The summed E-state index contributed by atoms with van der Waals surface area (Å²) < 4.78 is 0.339. The molecule has 7 heteroatoms. The molecule has 0 saturated carbocycles. The Hall–Kier alpha value is -1.14. The van der Waals surface area contributed by atoms with Gasteiger partial charge in [-0.2, -0.15) is 0 Å². The lowest BCUT2D eigenvalue weighted by atomic mass is 10.2. The first kappa shape index (κ1) is 14.9. The molecule has 1 aromatic carbocycles. The molecule has 0 bridgehead atoms. The minimum absolute atomic E-state index is 0.0323. The minimum Gasteiger partial charge on any atom is -0.326 e. The predicted molar refractivity (Wildman–Crippen MR) is 74.0 cm³/mol. The Bertz CT molecular complexity index is 454. The van der Waals surface area contributed by atoms with Gasteiger partial charge in [0.15, 0.2) is 0 Å². The van der Waals surface area contributed by atoms with Crippen LogP contribution in [0.2, 0.25) is 0 Å². The fraction of sp³-hybridized carbons (Fsp3) is 0.364. The molecule has 1 aromatic rings. The van der Waals surface area contributed by atoms with Crippen LogP contribution < -0.4 is 5.32 Å². The number of amides is 1. The first-order valence-corrected chi connectivity index (χ1v) is 6.67. The standard InChI is InChI=1S/C11H12BrClN2O3/c12-9-7-8(4-5-10(9)15(17)18)14-11(16)3-1-2-6-13/h4-5,7H,1-3,6H2,(H,14,16). The summed E-state index contributed by atoms with van der Waals surface area (Å²) >= 11 is 8.60. The van der Waals surface area contributed by atoms with E-state index in [0.717, 1.165) is 12.8 Å². The number of nitro groups is 1. The van der Waals surface area contributed by atoms with Crippen LogP contribution in [0, 0.1) is 10.1 Å². The molecule has 0 heterocycles. The van der Waals surface area contributed by atoms with Gasteiger partial charge < -0.3 is 5.32 Å². The molecule has 0 radical (unpaired) electrons. The molecule has 0 aliphatic rings. The Morgan fingerprint density at radius 1 is 1.44 bits per heavy atom. The van der Waals surface area contributed by atoms with Gasteiger partial charge in [-0.25, -0.2) is 0 Å². The van der Waals surface area contributed by atoms with Crippen molar-refractivity contribution in [1.29, 1.82) is 0 Å². The molecule has 0 saturated heterocycles. The number of nitrogens with one attached hydrogen (secondary N) is 1. The zero-order chi connectivity index (χ0) is 13.5. The smallest absolute Gasteiger partial charge is 0.283 e. The van der Waals surface area contributed by atoms with E-state index in [0.29, 0.717) is 22.5 Å². The van der Waals surface area contributed by atoms with E-state index >= 15 is 0 Å². The van der Waals surface area contributed by atoms with Crippen molar-refractivity contribution in [2.75, 3.05) is 11.2 Å². The van der Waals surface area contributed by atoms with E-state index in [-0.39, 0.29) is 11.6 Å². The number of hydrogen-bond acceptors (Lipinski definition) is 3. The topological polar surface area (TPSA) is 72.2 Å². The Balaban J connectivity index is 2.60. The van der Waals surface area contributed by atoms with Gasteiger partial charge in [0.2, 0.25) is 5.91 Å². The molecule has 1 amide bonds. The van der Waals surface area contributed by atoms with Crippen molar-refractivity contribution in [2.24, 2.45) is 0 Å². The monoisotopic (exact) mass is 334 g/mol. The first-order chi connectivity index (χ1) is 8.54. The van der Waals surface area contributed by atoms with E-state index in [2.05, 4.69) is 21.2 Å². The number of rotatable bonds is 6. The number of halogens is 2. The predicted octanol–water partition coefficient (Wildman–Crippen LogP) is 3.70.